The van der Waals surface area contributed by atoms with E-state index in [2.05, 4.69) is 20.8 Å². The molecule has 4 aliphatic carbocycles. The number of carboxylic acid groups (broad SMARTS) is 1. The molecule has 0 aromatic rings. The summed E-state index contributed by atoms with van der Waals surface area (Å²) in [6.45, 7) is 7.05. The van der Waals surface area contributed by atoms with Crippen LogP contribution >= 0.6 is 0 Å². The summed E-state index contributed by atoms with van der Waals surface area (Å²) in [6.07, 6.45) is 36.8. The molecule has 6 atom stereocenters. The second kappa shape index (κ2) is 20.3. The predicted molar refractivity (Wildman–Crippen MR) is 188 cm³/mol. The van der Waals surface area contributed by atoms with Gasteiger partial charge in [0.1, 0.15) is 0 Å². The van der Waals surface area contributed by atoms with Gasteiger partial charge in [-0.1, -0.05) is 142 Å². The van der Waals surface area contributed by atoms with Crippen LogP contribution in [0.3, 0.4) is 0 Å². The van der Waals surface area contributed by atoms with Gasteiger partial charge in [-0.25, -0.2) is 0 Å². The minimum absolute atomic E-state index is 0.0823. The van der Waals surface area contributed by atoms with Crippen LogP contribution in [0.5, 0.6) is 0 Å². The fourth-order valence-electron chi connectivity index (χ4n) is 9.89. The zero-order valence-corrected chi connectivity index (χ0v) is 29.9. The molecule has 0 aromatic heterocycles. The number of fused-ring (bicyclic) bond motifs is 5. The van der Waals surface area contributed by atoms with Gasteiger partial charge >= 0.3 is 5.97 Å². The van der Waals surface area contributed by atoms with Gasteiger partial charge < -0.3 is 10.2 Å². The average molecular weight is 629 g/mol. The van der Waals surface area contributed by atoms with Crippen LogP contribution in [0.1, 0.15) is 201 Å². The van der Waals surface area contributed by atoms with Crippen LogP contribution in [0.15, 0.2) is 11.6 Å². The van der Waals surface area contributed by atoms with E-state index in [0.29, 0.717) is 18.1 Å². The maximum Gasteiger partial charge on any atom is 0.303 e. The van der Waals surface area contributed by atoms with Gasteiger partial charge in [-0.15, -0.1) is 0 Å². The number of hydrogen-bond acceptors (Lipinski definition) is 3. The van der Waals surface area contributed by atoms with E-state index >= 15 is 0 Å². The van der Waals surface area contributed by atoms with Crippen LogP contribution in [0.2, 0.25) is 0 Å². The van der Waals surface area contributed by atoms with Crippen molar-refractivity contribution < 1.29 is 19.8 Å². The molecule has 0 aliphatic heterocycles. The molecule has 0 unspecified atom stereocenters. The molecule has 0 heterocycles. The SMILES string of the molecule is CCCCCCCCCCCCCCCCCCCCCC(=O)O.C[C@]12CC[C@H]3[C@@H](CCC4=CC(=O)CC[C@@]43C)[C@@H]1CC[C@@H]2O. The quantitative estimate of drug-likeness (QED) is 0.132. The number of aliphatic carboxylic acids is 1. The molecule has 0 bridgehead atoms. The van der Waals surface area contributed by atoms with Gasteiger partial charge in [-0.2, -0.15) is 0 Å². The zero-order chi connectivity index (χ0) is 32.5. The summed E-state index contributed by atoms with van der Waals surface area (Å²) in [5.41, 5.74) is 1.89. The van der Waals surface area contributed by atoms with Crippen LogP contribution < -0.4 is 0 Å². The highest BCUT2D eigenvalue weighted by Crippen LogP contribution is 2.65. The lowest BCUT2D eigenvalue weighted by Gasteiger charge is -2.57. The van der Waals surface area contributed by atoms with Crippen molar-refractivity contribution in [2.24, 2.45) is 28.6 Å². The van der Waals surface area contributed by atoms with E-state index < -0.39 is 5.97 Å². The van der Waals surface area contributed by atoms with Gasteiger partial charge in [0.05, 0.1) is 6.10 Å². The Bertz CT molecular complexity index is 894. The third kappa shape index (κ3) is 11.8. The van der Waals surface area contributed by atoms with E-state index in [0.717, 1.165) is 50.4 Å². The molecule has 4 aliphatic rings. The zero-order valence-electron chi connectivity index (χ0n) is 29.9. The van der Waals surface area contributed by atoms with Crippen LogP contribution in [-0.2, 0) is 9.59 Å². The smallest absolute Gasteiger partial charge is 0.303 e. The summed E-state index contributed by atoms with van der Waals surface area (Å²) in [5.74, 6) is 1.92. The highest BCUT2D eigenvalue weighted by molar-refractivity contribution is 5.91. The Labute approximate surface area is 278 Å². The number of allylic oxidation sites excluding steroid dienone is 1. The number of rotatable bonds is 20. The molecule has 2 N–H and O–H groups in total. The molecule has 260 valence electrons. The number of hydrogen-bond donors (Lipinski definition) is 2. The average Bonchev–Trinajstić information content (AvgIpc) is 3.33. The molecule has 0 aromatic carbocycles. The molecule has 0 saturated heterocycles. The molecule has 4 heteroatoms. The topological polar surface area (TPSA) is 74.6 Å². The van der Waals surface area contributed by atoms with Crippen LogP contribution in [0.25, 0.3) is 0 Å². The molecule has 4 rings (SSSR count). The number of carbonyl (C=O) groups excluding carboxylic acids is 1. The normalized spacial score (nSPS) is 30.5. The van der Waals surface area contributed by atoms with E-state index in [4.69, 9.17) is 5.11 Å². The first kappa shape index (κ1) is 38.3. The number of ketones is 1. The molecule has 4 nitrogen and oxygen atoms in total. The van der Waals surface area contributed by atoms with E-state index in [9.17, 15) is 14.7 Å². The Kier molecular flexibility index (Phi) is 17.2. The molecule has 3 saturated carbocycles. The third-order valence-electron chi connectivity index (χ3n) is 12.9. The molecule has 3 fully saturated rings. The predicted octanol–water partition coefficient (Wildman–Crippen LogP) is 11.8. The van der Waals surface area contributed by atoms with Crippen molar-refractivity contribution in [3.8, 4) is 0 Å². The molecule has 45 heavy (non-hydrogen) atoms. The van der Waals surface area contributed by atoms with E-state index in [1.807, 2.05) is 6.08 Å². The van der Waals surface area contributed by atoms with Crippen molar-refractivity contribution in [1.82, 2.24) is 0 Å². The maximum absolute atomic E-state index is 11.8. The van der Waals surface area contributed by atoms with E-state index in [1.54, 1.807) is 0 Å². The summed E-state index contributed by atoms with van der Waals surface area (Å²) >= 11 is 0. The Morgan fingerprint density at radius 2 is 1.20 bits per heavy atom. The first-order valence-electron chi connectivity index (χ1n) is 19.9. The highest BCUT2D eigenvalue weighted by atomic mass is 16.4. The number of aliphatic hydroxyl groups excluding tert-OH is 1. The first-order valence-corrected chi connectivity index (χ1v) is 19.9. The molecule has 0 amide bonds. The molecule has 0 spiro atoms. The van der Waals surface area contributed by atoms with Crippen LogP contribution in [0, 0.1) is 28.6 Å². The highest BCUT2D eigenvalue weighted by Gasteiger charge is 2.58. The van der Waals surface area contributed by atoms with Crippen molar-refractivity contribution in [3.63, 3.8) is 0 Å². The lowest BCUT2D eigenvalue weighted by Crippen LogP contribution is -2.51. The van der Waals surface area contributed by atoms with Crippen molar-refractivity contribution in [2.75, 3.05) is 0 Å². The van der Waals surface area contributed by atoms with Crippen molar-refractivity contribution in [3.05, 3.63) is 11.6 Å². The largest absolute Gasteiger partial charge is 0.481 e. The van der Waals surface area contributed by atoms with E-state index in [1.165, 1.54) is 140 Å². The first-order chi connectivity index (χ1) is 21.7. The van der Waals surface area contributed by atoms with Crippen molar-refractivity contribution in [2.45, 2.75) is 207 Å². The summed E-state index contributed by atoms with van der Waals surface area (Å²) in [5, 5.41) is 19.0. The Morgan fingerprint density at radius 3 is 1.71 bits per heavy atom. The van der Waals surface area contributed by atoms with Crippen LogP contribution in [0.4, 0.5) is 0 Å². The van der Waals surface area contributed by atoms with Gasteiger partial charge in [0, 0.05) is 12.8 Å². The fraction of sp³-hybridized carbons (Fsp3) is 0.902. The number of aliphatic hydroxyl groups is 1. The Hall–Kier alpha value is -1.16. The van der Waals surface area contributed by atoms with Gasteiger partial charge in [0.25, 0.3) is 0 Å². The van der Waals surface area contributed by atoms with Crippen molar-refractivity contribution in [1.29, 1.82) is 0 Å². The molecular formula is C41H72O4. The van der Waals surface area contributed by atoms with Gasteiger partial charge in [0.2, 0.25) is 0 Å². The molecule has 0 radical (unpaired) electrons. The van der Waals surface area contributed by atoms with Crippen LogP contribution in [-0.4, -0.2) is 28.1 Å². The number of unbranched alkanes of at least 4 members (excludes halogenated alkanes) is 18. The minimum Gasteiger partial charge on any atom is -0.481 e. The fourth-order valence-corrected chi connectivity index (χ4v) is 9.89. The minimum atomic E-state index is -0.651. The summed E-state index contributed by atoms with van der Waals surface area (Å²) < 4.78 is 0. The second-order valence-corrected chi connectivity index (χ2v) is 16.1. The van der Waals surface area contributed by atoms with Gasteiger partial charge in [0.15, 0.2) is 5.78 Å². The second-order valence-electron chi connectivity index (χ2n) is 16.1. The number of carboxylic acids is 1. The summed E-state index contributed by atoms with van der Waals surface area (Å²) in [7, 11) is 0. The van der Waals surface area contributed by atoms with Gasteiger partial charge in [-0.3, -0.25) is 9.59 Å². The van der Waals surface area contributed by atoms with E-state index in [-0.39, 0.29) is 16.9 Å². The third-order valence-corrected chi connectivity index (χ3v) is 12.9. The van der Waals surface area contributed by atoms with Crippen molar-refractivity contribution >= 4 is 11.8 Å². The number of carbonyl (C=O) groups is 2. The lowest BCUT2D eigenvalue weighted by atomic mass is 9.47. The standard InChI is InChI=1S/C22H44O2.C19H28O2/c1-2-3-4-5-6-7-8-9-10-11-12-13-14-15-16-17-18-19-20-21-22(23)24;1-18-9-7-13(20)11-12(18)3-4-14-15-5-6-17(21)19(15,2)10-8-16(14)18/h2-21H2,1H3,(H,23,24);11,14-17,21H,3-10H2,1-2H3/t;14-,15-,16-,17-,18-,19-/m.0/s1. The summed E-state index contributed by atoms with van der Waals surface area (Å²) in [6, 6.07) is 0. The Balaban J connectivity index is 0.000000246. The maximum atomic E-state index is 11.8. The monoisotopic (exact) mass is 629 g/mol. The molecular weight excluding hydrogens is 556 g/mol. The lowest BCUT2D eigenvalue weighted by molar-refractivity contribution is -0.137. The summed E-state index contributed by atoms with van der Waals surface area (Å²) in [4.78, 5) is 22.2. The van der Waals surface area contributed by atoms with Gasteiger partial charge in [-0.05, 0) is 86.0 Å². The Morgan fingerprint density at radius 1 is 0.689 bits per heavy atom.